The molecular formula is C20H13ClF4N2O2. The smallest absolute Gasteiger partial charge is 0.420 e. The summed E-state index contributed by atoms with van der Waals surface area (Å²) in [7, 11) is 1.11. The van der Waals surface area contributed by atoms with E-state index in [2.05, 4.69) is 10.3 Å². The highest BCUT2D eigenvalue weighted by molar-refractivity contribution is 6.33. The average molecular weight is 425 g/mol. The summed E-state index contributed by atoms with van der Waals surface area (Å²) >= 11 is 6.01. The van der Waals surface area contributed by atoms with Crippen LogP contribution in [0.15, 0.2) is 54.7 Å². The van der Waals surface area contributed by atoms with Gasteiger partial charge in [0, 0.05) is 23.0 Å². The number of nitrogens with zero attached hydrogens (tertiary/aromatic N) is 1. The van der Waals surface area contributed by atoms with Crippen molar-refractivity contribution in [2.24, 2.45) is 0 Å². The Morgan fingerprint density at radius 3 is 2.52 bits per heavy atom. The van der Waals surface area contributed by atoms with Gasteiger partial charge in [-0.2, -0.15) is 13.2 Å². The molecule has 3 aromatic rings. The Morgan fingerprint density at radius 2 is 1.90 bits per heavy atom. The fourth-order valence-electron chi connectivity index (χ4n) is 2.64. The second kappa shape index (κ2) is 8.08. The average Bonchev–Trinajstić information content (AvgIpc) is 2.68. The van der Waals surface area contributed by atoms with E-state index in [4.69, 9.17) is 16.3 Å². The second-order valence-electron chi connectivity index (χ2n) is 5.90. The molecule has 0 aliphatic rings. The molecule has 150 valence electrons. The van der Waals surface area contributed by atoms with Crippen LogP contribution in [0.5, 0.6) is 5.75 Å². The van der Waals surface area contributed by atoms with Gasteiger partial charge in [0.1, 0.15) is 11.6 Å². The van der Waals surface area contributed by atoms with E-state index in [1.807, 2.05) is 0 Å². The van der Waals surface area contributed by atoms with Crippen molar-refractivity contribution < 1.29 is 27.1 Å². The topological polar surface area (TPSA) is 51.2 Å². The number of anilines is 1. The molecule has 0 fully saturated rings. The van der Waals surface area contributed by atoms with Crippen LogP contribution in [0.2, 0.25) is 5.02 Å². The SMILES string of the molecule is COc1ccc(NC(=O)c2ccc(-c3ncccc3Cl)c(F)c2)cc1C(F)(F)F. The van der Waals surface area contributed by atoms with Crippen LogP contribution in [0.25, 0.3) is 11.3 Å². The second-order valence-corrected chi connectivity index (χ2v) is 6.30. The maximum Gasteiger partial charge on any atom is 0.420 e. The van der Waals surface area contributed by atoms with Gasteiger partial charge in [-0.15, -0.1) is 0 Å². The monoisotopic (exact) mass is 424 g/mol. The van der Waals surface area contributed by atoms with Crippen LogP contribution in [0.4, 0.5) is 23.2 Å². The molecule has 4 nitrogen and oxygen atoms in total. The summed E-state index contributed by atoms with van der Waals surface area (Å²) < 4.78 is 58.5. The van der Waals surface area contributed by atoms with Gasteiger partial charge in [-0.25, -0.2) is 4.39 Å². The molecule has 3 rings (SSSR count). The lowest BCUT2D eigenvalue weighted by Crippen LogP contribution is -2.14. The van der Waals surface area contributed by atoms with Gasteiger partial charge in [-0.3, -0.25) is 9.78 Å². The lowest BCUT2D eigenvalue weighted by Gasteiger charge is -2.14. The van der Waals surface area contributed by atoms with E-state index in [1.54, 1.807) is 12.1 Å². The van der Waals surface area contributed by atoms with Gasteiger partial charge in [-0.1, -0.05) is 11.6 Å². The minimum atomic E-state index is -4.66. The summed E-state index contributed by atoms with van der Waals surface area (Å²) in [6, 6.07) is 9.84. The number of hydrogen-bond acceptors (Lipinski definition) is 3. The molecule has 1 aromatic heterocycles. The molecule has 1 amide bonds. The number of ether oxygens (including phenoxy) is 1. The third-order valence-electron chi connectivity index (χ3n) is 4.01. The van der Waals surface area contributed by atoms with E-state index >= 15 is 0 Å². The molecule has 0 aliphatic heterocycles. The molecule has 1 N–H and O–H groups in total. The fraction of sp³-hybridized carbons (Fsp3) is 0.100. The van der Waals surface area contributed by atoms with Gasteiger partial charge in [0.2, 0.25) is 0 Å². The number of hydrogen-bond donors (Lipinski definition) is 1. The summed E-state index contributed by atoms with van der Waals surface area (Å²) in [5.41, 5.74) is -0.924. The van der Waals surface area contributed by atoms with Gasteiger partial charge < -0.3 is 10.1 Å². The van der Waals surface area contributed by atoms with Crippen molar-refractivity contribution in [2.75, 3.05) is 12.4 Å². The van der Waals surface area contributed by atoms with Crippen molar-refractivity contribution in [3.63, 3.8) is 0 Å². The molecule has 0 radical (unpaired) electrons. The quantitative estimate of drug-likeness (QED) is 0.537. The number of aromatic nitrogens is 1. The molecule has 0 unspecified atom stereocenters. The van der Waals surface area contributed by atoms with E-state index < -0.39 is 23.5 Å². The van der Waals surface area contributed by atoms with E-state index in [0.717, 1.165) is 25.3 Å². The number of halogens is 5. The Hall–Kier alpha value is -3.13. The molecule has 9 heteroatoms. The first kappa shape index (κ1) is 20.6. The summed E-state index contributed by atoms with van der Waals surface area (Å²) in [5, 5.41) is 2.55. The van der Waals surface area contributed by atoms with Crippen LogP contribution in [-0.4, -0.2) is 18.0 Å². The first-order chi connectivity index (χ1) is 13.7. The van der Waals surface area contributed by atoms with Gasteiger partial charge in [0.05, 0.1) is 23.4 Å². The standard InChI is InChI=1S/C20H13ClF4N2O2/c1-29-17-7-5-12(10-14(17)20(23,24)25)27-19(28)11-4-6-13(16(22)9-11)18-15(21)3-2-8-26-18/h2-10H,1H3,(H,27,28). The highest BCUT2D eigenvalue weighted by atomic mass is 35.5. The molecule has 0 aliphatic carbocycles. The molecule has 0 saturated heterocycles. The number of pyridine rings is 1. The number of amides is 1. The Kier molecular flexibility index (Phi) is 5.74. The Labute approximate surface area is 168 Å². The number of methoxy groups -OCH3 is 1. The maximum absolute atomic E-state index is 14.5. The molecule has 0 bridgehead atoms. The van der Waals surface area contributed by atoms with Crippen LogP contribution in [0.1, 0.15) is 15.9 Å². The minimum absolute atomic E-state index is 0.0809. The molecule has 0 spiro atoms. The van der Waals surface area contributed by atoms with Crippen molar-refractivity contribution in [2.45, 2.75) is 6.18 Å². The predicted octanol–water partition coefficient (Wildman–Crippen LogP) is 5.82. The summed E-state index contributed by atoms with van der Waals surface area (Å²) in [6.07, 6.45) is -3.22. The highest BCUT2D eigenvalue weighted by Gasteiger charge is 2.34. The lowest BCUT2D eigenvalue weighted by atomic mass is 10.1. The van der Waals surface area contributed by atoms with Crippen molar-refractivity contribution in [1.82, 2.24) is 4.98 Å². The van der Waals surface area contributed by atoms with E-state index in [1.165, 1.54) is 24.4 Å². The van der Waals surface area contributed by atoms with Gasteiger partial charge in [0.15, 0.2) is 0 Å². The fourth-order valence-corrected chi connectivity index (χ4v) is 2.87. The molecule has 2 aromatic carbocycles. The number of carbonyl (C=O) groups is 1. The van der Waals surface area contributed by atoms with E-state index in [9.17, 15) is 22.4 Å². The summed E-state index contributed by atoms with van der Waals surface area (Å²) in [4.78, 5) is 16.4. The van der Waals surface area contributed by atoms with Crippen LogP contribution < -0.4 is 10.1 Å². The zero-order valence-electron chi connectivity index (χ0n) is 14.8. The van der Waals surface area contributed by atoms with E-state index in [-0.39, 0.29) is 33.3 Å². The van der Waals surface area contributed by atoms with Crippen molar-refractivity contribution in [3.05, 3.63) is 76.7 Å². The summed E-state index contributed by atoms with van der Waals surface area (Å²) in [6.45, 7) is 0. The Balaban J connectivity index is 1.87. The van der Waals surface area contributed by atoms with Crippen LogP contribution in [0.3, 0.4) is 0 Å². The number of benzene rings is 2. The Bertz CT molecular complexity index is 1070. The molecule has 0 saturated carbocycles. The number of nitrogens with one attached hydrogen (secondary N) is 1. The van der Waals surface area contributed by atoms with Gasteiger partial charge in [-0.05, 0) is 48.5 Å². The minimum Gasteiger partial charge on any atom is -0.496 e. The van der Waals surface area contributed by atoms with Crippen molar-refractivity contribution >= 4 is 23.2 Å². The highest BCUT2D eigenvalue weighted by Crippen LogP contribution is 2.37. The first-order valence-corrected chi connectivity index (χ1v) is 8.55. The van der Waals surface area contributed by atoms with Gasteiger partial charge in [0.25, 0.3) is 5.91 Å². The third kappa shape index (κ3) is 4.48. The zero-order valence-corrected chi connectivity index (χ0v) is 15.6. The maximum atomic E-state index is 14.5. The Morgan fingerprint density at radius 1 is 1.14 bits per heavy atom. The molecule has 0 atom stereocenters. The normalized spacial score (nSPS) is 11.2. The van der Waals surface area contributed by atoms with Crippen molar-refractivity contribution in [3.8, 4) is 17.0 Å². The van der Waals surface area contributed by atoms with Crippen LogP contribution in [0, 0.1) is 5.82 Å². The van der Waals surface area contributed by atoms with Gasteiger partial charge >= 0.3 is 6.18 Å². The summed E-state index contributed by atoms with van der Waals surface area (Å²) in [5.74, 6) is -1.90. The van der Waals surface area contributed by atoms with Crippen LogP contribution in [-0.2, 0) is 6.18 Å². The lowest BCUT2D eigenvalue weighted by molar-refractivity contribution is -0.138. The largest absolute Gasteiger partial charge is 0.496 e. The van der Waals surface area contributed by atoms with E-state index in [0.29, 0.717) is 0 Å². The zero-order chi connectivity index (χ0) is 21.2. The molecule has 1 heterocycles. The number of alkyl halides is 3. The molecule has 29 heavy (non-hydrogen) atoms. The molecular weight excluding hydrogens is 412 g/mol. The third-order valence-corrected chi connectivity index (χ3v) is 4.31. The van der Waals surface area contributed by atoms with Crippen LogP contribution >= 0.6 is 11.6 Å². The first-order valence-electron chi connectivity index (χ1n) is 8.17. The number of carbonyl (C=O) groups excluding carboxylic acids is 1. The van der Waals surface area contributed by atoms with Crippen molar-refractivity contribution in [1.29, 1.82) is 0 Å². The predicted molar refractivity (Wildman–Crippen MR) is 101 cm³/mol. The number of rotatable bonds is 4.